The molecular formula is C30H41N5O12. The molecule has 0 bridgehead atoms. The van der Waals surface area contributed by atoms with Gasteiger partial charge in [-0.05, 0) is 71.9 Å². The van der Waals surface area contributed by atoms with Gasteiger partial charge in [-0.1, -0.05) is 0 Å². The summed E-state index contributed by atoms with van der Waals surface area (Å²) in [5.74, 6) is -3.28. The fourth-order valence-electron chi connectivity index (χ4n) is 3.60. The Kier molecular flexibility index (Phi) is 13.0. The number of methoxy groups -OCH3 is 1. The Labute approximate surface area is 271 Å². The fourth-order valence-corrected chi connectivity index (χ4v) is 3.60. The quantitative estimate of drug-likeness (QED) is 0.0910. The number of ether oxygens (including phenoxy) is 5. The van der Waals surface area contributed by atoms with E-state index in [2.05, 4.69) is 25.7 Å². The minimum atomic E-state index is -1.52. The number of alkyl carbamates (subject to hydrolysis) is 2. The Morgan fingerprint density at radius 2 is 1.45 bits per heavy atom. The predicted molar refractivity (Wildman–Crippen MR) is 167 cm³/mol. The van der Waals surface area contributed by atoms with E-state index in [4.69, 9.17) is 24.7 Å². The number of nitrogens with zero attached hydrogens (tertiary/aromatic N) is 1. The van der Waals surface area contributed by atoms with Crippen molar-refractivity contribution < 1.29 is 57.9 Å². The third kappa shape index (κ3) is 12.8. The predicted octanol–water partition coefficient (Wildman–Crippen LogP) is 2.56. The summed E-state index contributed by atoms with van der Waals surface area (Å²) < 4.78 is 26.3. The number of nitrogen functional groups attached to an aromatic ring is 1. The molecule has 0 unspecified atom stereocenters. The molecule has 17 heteroatoms. The summed E-state index contributed by atoms with van der Waals surface area (Å²) in [7, 11) is 1.21. The van der Waals surface area contributed by atoms with Gasteiger partial charge in [-0.2, -0.15) is 0 Å². The molecule has 7 N–H and O–H groups in total. The summed E-state index contributed by atoms with van der Waals surface area (Å²) in [6.07, 6.45) is -1.99. The second-order valence-electron chi connectivity index (χ2n) is 11.7. The molecule has 0 aliphatic rings. The van der Waals surface area contributed by atoms with Crippen molar-refractivity contribution in [1.29, 1.82) is 0 Å². The number of carbonyl (C=O) groups excluding carboxylic acids is 3. The number of anilines is 2. The summed E-state index contributed by atoms with van der Waals surface area (Å²) in [6, 6.07) is 4.36. The number of hydrogen-bond acceptors (Lipinski definition) is 13. The summed E-state index contributed by atoms with van der Waals surface area (Å²) in [4.78, 5) is 64.2. The van der Waals surface area contributed by atoms with Crippen LogP contribution in [0, 0.1) is 6.92 Å². The van der Waals surface area contributed by atoms with E-state index in [9.17, 15) is 34.2 Å². The zero-order valence-corrected chi connectivity index (χ0v) is 27.2. The lowest BCUT2D eigenvalue weighted by atomic mass is 10.1. The smallest absolute Gasteiger partial charge is 0.408 e. The van der Waals surface area contributed by atoms with Crippen LogP contribution in [0.15, 0.2) is 30.3 Å². The number of hydrogen-bond donors (Lipinski definition) is 6. The number of benzene rings is 1. The van der Waals surface area contributed by atoms with Crippen LogP contribution in [0.2, 0.25) is 0 Å². The third-order valence-corrected chi connectivity index (χ3v) is 5.88. The molecule has 258 valence electrons. The molecule has 1 heterocycles. The molecule has 17 nitrogen and oxygen atoms in total. The molecule has 0 aliphatic carbocycles. The van der Waals surface area contributed by atoms with Gasteiger partial charge in [-0.15, -0.1) is 0 Å². The third-order valence-electron chi connectivity index (χ3n) is 5.88. The van der Waals surface area contributed by atoms with Gasteiger partial charge in [-0.25, -0.2) is 29.0 Å². The number of aryl methyl sites for hydroxylation is 1. The molecule has 1 aromatic heterocycles. The first-order valence-corrected chi connectivity index (χ1v) is 14.2. The van der Waals surface area contributed by atoms with E-state index in [1.54, 1.807) is 53.7 Å². The van der Waals surface area contributed by atoms with Crippen LogP contribution in [0.25, 0.3) is 0 Å². The summed E-state index contributed by atoms with van der Waals surface area (Å²) in [6.45, 7) is 8.69. The maximum Gasteiger partial charge on any atom is 0.408 e. The molecule has 0 aliphatic heterocycles. The number of pyridine rings is 1. The van der Waals surface area contributed by atoms with E-state index < -0.39 is 66.6 Å². The van der Waals surface area contributed by atoms with Gasteiger partial charge < -0.3 is 55.6 Å². The maximum absolute atomic E-state index is 12.7. The van der Waals surface area contributed by atoms with Crippen LogP contribution in [0.3, 0.4) is 0 Å². The molecule has 47 heavy (non-hydrogen) atoms. The van der Waals surface area contributed by atoms with E-state index in [1.165, 1.54) is 25.3 Å². The first kappa shape index (κ1) is 37.7. The second kappa shape index (κ2) is 16.2. The Morgan fingerprint density at radius 3 is 1.98 bits per heavy atom. The average molecular weight is 664 g/mol. The molecule has 2 atom stereocenters. The first-order chi connectivity index (χ1) is 21.8. The number of esters is 1. The monoisotopic (exact) mass is 663 g/mol. The van der Waals surface area contributed by atoms with Gasteiger partial charge in [0.25, 0.3) is 0 Å². The van der Waals surface area contributed by atoms with Crippen molar-refractivity contribution in [1.82, 2.24) is 15.6 Å². The first-order valence-electron chi connectivity index (χ1n) is 14.2. The molecule has 0 saturated heterocycles. The van der Waals surface area contributed by atoms with Crippen molar-refractivity contribution in [2.45, 2.75) is 64.8 Å². The number of amides is 2. The van der Waals surface area contributed by atoms with E-state index in [0.717, 1.165) is 0 Å². The molecule has 2 rings (SSSR count). The lowest BCUT2D eigenvalue weighted by molar-refractivity contribution is -0.141. The standard InChI is InChI=1S/C30H41N5O12/c1-16-8-10-19(23(33-16)45-14-21(25(38)39)34-27(41)46-29(2,3)4)32-15-30(5,6)47-28(42)35-20(24(36)37)13-44-22-11-9-17(12-18(22)31)26(40)43-7/h8-12,20-21,32H,13-15,31H2,1-7H3,(H,34,41)(H,35,42)(H,36,37)(H,38,39)/t20-,21-/m0/s1. The summed E-state index contributed by atoms with van der Waals surface area (Å²) in [5, 5.41) is 26.6. The molecule has 0 radical (unpaired) electrons. The number of rotatable bonds is 15. The highest BCUT2D eigenvalue weighted by atomic mass is 16.6. The molecule has 1 aromatic carbocycles. The number of carboxylic acids is 2. The van der Waals surface area contributed by atoms with E-state index in [0.29, 0.717) is 11.4 Å². The van der Waals surface area contributed by atoms with Crippen molar-refractivity contribution >= 4 is 41.5 Å². The fraction of sp³-hybridized carbons (Fsp3) is 0.467. The minimum absolute atomic E-state index is 0.0165. The van der Waals surface area contributed by atoms with Crippen LogP contribution in [0.5, 0.6) is 11.6 Å². The largest absolute Gasteiger partial charge is 0.489 e. The van der Waals surface area contributed by atoms with Crippen molar-refractivity contribution in [3.8, 4) is 11.6 Å². The second-order valence-corrected chi connectivity index (χ2v) is 11.7. The number of nitrogens with two attached hydrogens (primary N) is 1. The van der Waals surface area contributed by atoms with Crippen molar-refractivity contribution in [3.63, 3.8) is 0 Å². The zero-order valence-electron chi connectivity index (χ0n) is 27.2. The molecule has 0 saturated carbocycles. The zero-order chi connectivity index (χ0) is 35.5. The van der Waals surface area contributed by atoms with E-state index in [-0.39, 0.29) is 29.4 Å². The van der Waals surface area contributed by atoms with Crippen LogP contribution in [-0.2, 0) is 23.8 Å². The Balaban J connectivity index is 2.00. The number of aromatic nitrogens is 1. The van der Waals surface area contributed by atoms with E-state index >= 15 is 0 Å². The topological polar surface area (TPSA) is 247 Å². The summed E-state index contributed by atoms with van der Waals surface area (Å²) in [5.41, 5.74) is 4.93. The highest BCUT2D eigenvalue weighted by molar-refractivity contribution is 5.91. The van der Waals surface area contributed by atoms with Crippen LogP contribution in [-0.4, -0.2) is 95.4 Å². The normalized spacial score (nSPS) is 12.5. The van der Waals surface area contributed by atoms with Gasteiger partial charge in [0.2, 0.25) is 5.88 Å². The van der Waals surface area contributed by atoms with Crippen molar-refractivity contribution in [3.05, 3.63) is 41.6 Å². The molecule has 0 fully saturated rings. The number of aliphatic carboxylic acids is 2. The van der Waals surface area contributed by atoms with Gasteiger partial charge in [0.15, 0.2) is 12.1 Å². The van der Waals surface area contributed by atoms with Gasteiger partial charge in [-0.3, -0.25) is 0 Å². The summed E-state index contributed by atoms with van der Waals surface area (Å²) >= 11 is 0. The van der Waals surface area contributed by atoms with Crippen molar-refractivity contribution in [2.24, 2.45) is 0 Å². The van der Waals surface area contributed by atoms with Gasteiger partial charge in [0.05, 0.1) is 30.6 Å². The highest BCUT2D eigenvalue weighted by Crippen LogP contribution is 2.25. The van der Waals surface area contributed by atoms with Crippen LogP contribution >= 0.6 is 0 Å². The van der Waals surface area contributed by atoms with Crippen LogP contribution in [0.1, 0.15) is 50.7 Å². The Bertz CT molecular complexity index is 1460. The molecule has 0 spiro atoms. The SMILES string of the molecule is COC(=O)c1ccc(OC[C@H](NC(=O)OC(C)(C)CNc2ccc(C)nc2OC[C@H](NC(=O)OC(C)(C)C)C(=O)O)C(=O)O)c(N)c1. The number of carboxylic acid groups (broad SMARTS) is 2. The molecular weight excluding hydrogens is 622 g/mol. The molecule has 2 aromatic rings. The van der Waals surface area contributed by atoms with E-state index in [1.807, 2.05) is 0 Å². The Hall–Kier alpha value is -5.48. The lowest BCUT2D eigenvalue weighted by Gasteiger charge is -2.27. The maximum atomic E-state index is 12.7. The lowest BCUT2D eigenvalue weighted by Crippen LogP contribution is -2.48. The van der Waals surface area contributed by atoms with Crippen LogP contribution < -0.4 is 31.2 Å². The van der Waals surface area contributed by atoms with Gasteiger partial charge in [0, 0.05) is 5.69 Å². The highest BCUT2D eigenvalue weighted by Gasteiger charge is 2.29. The van der Waals surface area contributed by atoms with Crippen LogP contribution in [0.4, 0.5) is 21.0 Å². The van der Waals surface area contributed by atoms with Crippen molar-refractivity contribution in [2.75, 3.05) is 37.9 Å². The number of nitrogens with one attached hydrogen (secondary N) is 3. The Morgan fingerprint density at radius 1 is 0.872 bits per heavy atom. The van der Waals surface area contributed by atoms with Gasteiger partial charge >= 0.3 is 30.1 Å². The number of carbonyl (C=O) groups is 5. The van der Waals surface area contributed by atoms with Gasteiger partial charge in [0.1, 0.15) is 30.2 Å². The minimum Gasteiger partial charge on any atom is -0.489 e. The average Bonchev–Trinajstić information content (AvgIpc) is 2.95. The molecule has 2 amide bonds.